The number of aromatic nitrogens is 4. The van der Waals surface area contributed by atoms with Gasteiger partial charge in [-0.15, -0.1) is 0 Å². The maximum Gasteiger partial charge on any atom is 0.277 e. The van der Waals surface area contributed by atoms with Crippen LogP contribution < -0.4 is 20.4 Å². The molecule has 0 aliphatic rings. The number of fused-ring (bicyclic) bond motifs is 1. The highest BCUT2D eigenvalue weighted by molar-refractivity contribution is 7.15. The molecule has 204 valence electrons. The van der Waals surface area contributed by atoms with Crippen molar-refractivity contribution in [2.24, 2.45) is 0 Å². The third-order valence-electron chi connectivity index (χ3n) is 6.91. The van der Waals surface area contributed by atoms with Gasteiger partial charge in [-0.2, -0.15) is 10.1 Å². The van der Waals surface area contributed by atoms with Crippen LogP contribution >= 0.6 is 11.3 Å². The Bertz CT molecular complexity index is 1990. The maximum atomic E-state index is 13.7. The van der Waals surface area contributed by atoms with E-state index < -0.39 is 0 Å². The molecule has 41 heavy (non-hydrogen) atoms. The third kappa shape index (κ3) is 5.34. The number of rotatable bonds is 8. The van der Waals surface area contributed by atoms with Crippen LogP contribution in [0.15, 0.2) is 101 Å². The van der Waals surface area contributed by atoms with Crippen LogP contribution in [-0.4, -0.2) is 25.8 Å². The number of hydrogen-bond donors (Lipinski definition) is 0. The summed E-state index contributed by atoms with van der Waals surface area (Å²) >= 11 is 1.21. The van der Waals surface area contributed by atoms with Gasteiger partial charge in [-0.1, -0.05) is 66.8 Å². The van der Waals surface area contributed by atoms with Gasteiger partial charge in [0, 0.05) is 35.0 Å². The Morgan fingerprint density at radius 2 is 1.63 bits per heavy atom. The van der Waals surface area contributed by atoms with Gasteiger partial charge in [-0.05, 0) is 61.4 Å². The van der Waals surface area contributed by atoms with Crippen molar-refractivity contribution in [1.82, 2.24) is 19.2 Å². The summed E-state index contributed by atoms with van der Waals surface area (Å²) in [6, 6.07) is 27.4. The fourth-order valence-corrected chi connectivity index (χ4v) is 5.79. The number of thiazole rings is 1. The van der Waals surface area contributed by atoms with Crippen LogP contribution in [0, 0.1) is 6.92 Å². The van der Waals surface area contributed by atoms with E-state index in [9.17, 15) is 9.59 Å². The molecule has 6 aromatic rings. The SMILES string of the molecule is CCCOc1ccc(-c2nn(-c3ccccc3)cc2/C=c2\sc3nc(=O)c(Cc4ccccc4)c(C)n3c2=O)cc1. The number of nitrogens with zero attached hydrogens (tertiary/aromatic N) is 4. The normalized spacial score (nSPS) is 11.8. The van der Waals surface area contributed by atoms with Crippen LogP contribution in [0.3, 0.4) is 0 Å². The summed E-state index contributed by atoms with van der Waals surface area (Å²) < 4.78 is 9.60. The predicted molar refractivity (Wildman–Crippen MR) is 163 cm³/mol. The summed E-state index contributed by atoms with van der Waals surface area (Å²) in [6.45, 7) is 4.54. The van der Waals surface area contributed by atoms with Crippen molar-refractivity contribution in [3.8, 4) is 22.7 Å². The predicted octanol–water partition coefficient (Wildman–Crippen LogP) is 5.20. The standard InChI is InChI=1S/C33H28N4O3S/c1-3-18-40-27-16-14-24(15-17-27)30-25(21-36(35-30)26-12-8-5-9-13-26)20-29-32(39)37-22(2)28(31(38)34-33(37)41-29)19-23-10-6-4-7-11-23/h4-17,20-21H,3,18-19H2,1-2H3/b29-20-. The molecule has 3 aromatic carbocycles. The summed E-state index contributed by atoms with van der Waals surface area (Å²) in [5, 5.41) is 4.89. The Morgan fingerprint density at radius 1 is 0.927 bits per heavy atom. The molecule has 3 heterocycles. The lowest BCUT2D eigenvalue weighted by atomic mass is 10.1. The molecule has 3 aromatic heterocycles. The van der Waals surface area contributed by atoms with Gasteiger partial charge < -0.3 is 4.74 Å². The molecule has 6 rings (SSSR count). The summed E-state index contributed by atoms with van der Waals surface area (Å²) in [5.41, 5.74) is 4.95. The van der Waals surface area contributed by atoms with Gasteiger partial charge in [0.15, 0.2) is 0 Å². The van der Waals surface area contributed by atoms with Crippen LogP contribution in [0.1, 0.15) is 35.7 Å². The van der Waals surface area contributed by atoms with Crippen LogP contribution in [0.25, 0.3) is 28.0 Å². The van der Waals surface area contributed by atoms with Gasteiger partial charge in [0.1, 0.15) is 11.4 Å². The van der Waals surface area contributed by atoms with Gasteiger partial charge in [-0.25, -0.2) is 4.68 Å². The molecule has 0 fully saturated rings. The summed E-state index contributed by atoms with van der Waals surface area (Å²) in [6.07, 6.45) is 5.11. The molecule has 8 heteroatoms. The van der Waals surface area contributed by atoms with E-state index in [0.717, 1.165) is 40.2 Å². The highest BCUT2D eigenvalue weighted by Gasteiger charge is 2.17. The molecule has 0 saturated heterocycles. The number of aryl methyl sites for hydroxylation is 1. The molecule has 0 N–H and O–H groups in total. The van der Waals surface area contributed by atoms with E-state index >= 15 is 0 Å². The Kier molecular flexibility index (Phi) is 7.31. The Balaban J connectivity index is 1.48. The molecule has 7 nitrogen and oxygen atoms in total. The lowest BCUT2D eigenvalue weighted by molar-refractivity contribution is 0.317. The lowest BCUT2D eigenvalue weighted by Gasteiger charge is -2.06. The van der Waals surface area contributed by atoms with E-state index in [1.165, 1.54) is 11.3 Å². The van der Waals surface area contributed by atoms with Crippen LogP contribution in [0.5, 0.6) is 5.75 Å². The zero-order chi connectivity index (χ0) is 28.3. The fourth-order valence-electron chi connectivity index (χ4n) is 4.79. The maximum absolute atomic E-state index is 13.7. The third-order valence-corrected chi connectivity index (χ3v) is 7.88. The first-order valence-corrected chi connectivity index (χ1v) is 14.3. The highest BCUT2D eigenvalue weighted by atomic mass is 32.1. The van der Waals surface area contributed by atoms with E-state index in [1.807, 2.05) is 109 Å². The van der Waals surface area contributed by atoms with Gasteiger partial charge in [0.2, 0.25) is 4.96 Å². The van der Waals surface area contributed by atoms with Gasteiger partial charge in [-0.3, -0.25) is 14.0 Å². The second kappa shape index (κ2) is 11.3. The Morgan fingerprint density at radius 3 is 2.34 bits per heavy atom. The number of benzene rings is 3. The van der Waals surface area contributed by atoms with Gasteiger partial charge in [0.25, 0.3) is 11.1 Å². The van der Waals surface area contributed by atoms with Crippen molar-refractivity contribution in [3.05, 3.63) is 139 Å². The minimum Gasteiger partial charge on any atom is -0.494 e. The molecule has 0 unspecified atom stereocenters. The van der Waals surface area contributed by atoms with Crippen molar-refractivity contribution in [1.29, 1.82) is 0 Å². The van der Waals surface area contributed by atoms with Gasteiger partial charge in [0.05, 0.1) is 16.8 Å². The fraction of sp³-hybridized carbons (Fsp3) is 0.152. The van der Waals surface area contributed by atoms with Crippen molar-refractivity contribution < 1.29 is 4.74 Å². The molecular formula is C33H28N4O3S. The van der Waals surface area contributed by atoms with E-state index in [2.05, 4.69) is 11.9 Å². The topological polar surface area (TPSA) is 78.5 Å². The average Bonchev–Trinajstić information content (AvgIpc) is 3.56. The van der Waals surface area contributed by atoms with Crippen molar-refractivity contribution in [2.45, 2.75) is 26.7 Å². The minimum absolute atomic E-state index is 0.203. The molecule has 0 aliphatic carbocycles. The number of ether oxygens (including phenoxy) is 1. The lowest BCUT2D eigenvalue weighted by Crippen LogP contribution is -2.27. The zero-order valence-corrected chi connectivity index (χ0v) is 23.6. The van der Waals surface area contributed by atoms with E-state index in [4.69, 9.17) is 9.84 Å². The van der Waals surface area contributed by atoms with E-state index in [-0.39, 0.29) is 11.1 Å². The first-order chi connectivity index (χ1) is 20.0. The first-order valence-electron chi connectivity index (χ1n) is 13.5. The number of para-hydroxylation sites is 1. The summed E-state index contributed by atoms with van der Waals surface area (Å²) in [5.74, 6) is 0.799. The zero-order valence-electron chi connectivity index (χ0n) is 22.8. The van der Waals surface area contributed by atoms with Crippen molar-refractivity contribution in [2.75, 3.05) is 6.61 Å². The minimum atomic E-state index is -0.304. The van der Waals surface area contributed by atoms with Crippen LogP contribution in [0.4, 0.5) is 0 Å². The Labute approximate surface area is 240 Å². The number of hydrogen-bond acceptors (Lipinski definition) is 6. The summed E-state index contributed by atoms with van der Waals surface area (Å²) in [7, 11) is 0. The van der Waals surface area contributed by atoms with Gasteiger partial charge >= 0.3 is 0 Å². The first kappa shape index (κ1) is 26.4. The van der Waals surface area contributed by atoms with E-state index in [0.29, 0.717) is 33.8 Å². The monoisotopic (exact) mass is 560 g/mol. The van der Waals surface area contributed by atoms with E-state index in [1.54, 1.807) is 4.40 Å². The quantitative estimate of drug-likeness (QED) is 0.256. The molecule has 0 radical (unpaired) electrons. The van der Waals surface area contributed by atoms with Crippen LogP contribution in [0.2, 0.25) is 0 Å². The highest BCUT2D eigenvalue weighted by Crippen LogP contribution is 2.26. The second-order valence-corrected chi connectivity index (χ2v) is 10.8. The van der Waals surface area contributed by atoms with Crippen molar-refractivity contribution in [3.63, 3.8) is 0 Å². The average molecular weight is 561 g/mol. The van der Waals surface area contributed by atoms with Crippen molar-refractivity contribution >= 4 is 22.4 Å². The molecular weight excluding hydrogens is 532 g/mol. The smallest absolute Gasteiger partial charge is 0.277 e. The molecule has 0 spiro atoms. The summed E-state index contributed by atoms with van der Waals surface area (Å²) in [4.78, 5) is 31.4. The molecule has 0 atom stereocenters. The van der Waals surface area contributed by atoms with Crippen LogP contribution in [-0.2, 0) is 6.42 Å². The largest absolute Gasteiger partial charge is 0.494 e. The molecule has 0 saturated carbocycles. The molecule has 0 amide bonds. The molecule has 0 aliphatic heterocycles. The Hall–Kier alpha value is -4.82. The molecule has 0 bridgehead atoms. The second-order valence-electron chi connectivity index (χ2n) is 9.76.